The molecule has 1 N–H and O–H groups in total. The zero-order chi connectivity index (χ0) is 14.8. The van der Waals surface area contributed by atoms with Gasteiger partial charge >= 0.3 is 0 Å². The number of furan rings is 1. The minimum atomic E-state index is -0.262. The molecular weight excluding hydrogens is 286 g/mol. The van der Waals surface area contributed by atoms with E-state index in [9.17, 15) is 4.79 Å². The van der Waals surface area contributed by atoms with Crippen molar-refractivity contribution in [2.45, 2.75) is 12.8 Å². The topological polar surface area (TPSA) is 42.2 Å². The predicted molar refractivity (Wildman–Crippen MR) is 84.9 cm³/mol. The third-order valence-electron chi connectivity index (χ3n) is 3.26. The number of aryl methyl sites for hydroxylation is 1. The van der Waals surface area contributed by atoms with E-state index in [1.165, 1.54) is 0 Å². The molecule has 0 spiro atoms. The lowest BCUT2D eigenvalue weighted by Crippen LogP contribution is -2.10. The van der Waals surface area contributed by atoms with Crippen LogP contribution in [-0.2, 0) is 5.88 Å². The Bertz CT molecular complexity index is 790. The number of amides is 1. The molecule has 0 aliphatic carbocycles. The first-order valence-electron chi connectivity index (χ1n) is 6.62. The van der Waals surface area contributed by atoms with Crippen LogP contribution in [0, 0.1) is 6.92 Å². The van der Waals surface area contributed by atoms with Crippen molar-refractivity contribution in [2.75, 3.05) is 5.32 Å². The van der Waals surface area contributed by atoms with Gasteiger partial charge in [0.2, 0.25) is 0 Å². The van der Waals surface area contributed by atoms with Crippen LogP contribution in [0.3, 0.4) is 0 Å². The van der Waals surface area contributed by atoms with Crippen molar-refractivity contribution in [3.63, 3.8) is 0 Å². The molecule has 0 unspecified atom stereocenters. The zero-order valence-corrected chi connectivity index (χ0v) is 12.3. The molecule has 0 bridgehead atoms. The standard InChI is InChI=1S/C17H14ClNO2/c1-11-2-7-15-13(8-11)9-16(21-15)17(20)19-14-5-3-12(10-18)4-6-14/h2-9H,10H2,1H3,(H,19,20). The number of carbonyl (C=O) groups excluding carboxylic acids is 1. The molecule has 1 heterocycles. The maximum absolute atomic E-state index is 12.2. The van der Waals surface area contributed by atoms with Gasteiger partial charge in [-0.1, -0.05) is 23.8 Å². The van der Waals surface area contributed by atoms with Gasteiger partial charge in [0.05, 0.1) is 0 Å². The molecule has 3 aromatic rings. The summed E-state index contributed by atoms with van der Waals surface area (Å²) in [4.78, 5) is 12.2. The van der Waals surface area contributed by atoms with E-state index in [1.807, 2.05) is 49.4 Å². The molecule has 0 fully saturated rings. The first-order chi connectivity index (χ1) is 10.2. The molecule has 0 saturated carbocycles. The molecule has 0 radical (unpaired) electrons. The number of hydrogen-bond donors (Lipinski definition) is 1. The molecule has 0 atom stereocenters. The number of hydrogen-bond acceptors (Lipinski definition) is 2. The van der Waals surface area contributed by atoms with E-state index in [4.69, 9.17) is 16.0 Å². The molecule has 1 aromatic heterocycles. The lowest BCUT2D eigenvalue weighted by molar-refractivity contribution is 0.0998. The summed E-state index contributed by atoms with van der Waals surface area (Å²) in [5.74, 6) is 0.497. The molecule has 1 amide bonds. The summed E-state index contributed by atoms with van der Waals surface area (Å²) in [6.45, 7) is 2.00. The molecule has 0 aliphatic heterocycles. The van der Waals surface area contributed by atoms with Gasteiger partial charge in [0.1, 0.15) is 5.58 Å². The molecule has 21 heavy (non-hydrogen) atoms. The third-order valence-corrected chi connectivity index (χ3v) is 3.57. The van der Waals surface area contributed by atoms with E-state index in [0.29, 0.717) is 22.9 Å². The SMILES string of the molecule is Cc1ccc2oc(C(=O)Nc3ccc(CCl)cc3)cc2c1. The lowest BCUT2D eigenvalue weighted by atomic mass is 10.2. The highest BCUT2D eigenvalue weighted by Gasteiger charge is 2.12. The summed E-state index contributed by atoms with van der Waals surface area (Å²) < 4.78 is 5.57. The lowest BCUT2D eigenvalue weighted by Gasteiger charge is -2.03. The Labute approximate surface area is 127 Å². The fraction of sp³-hybridized carbons (Fsp3) is 0.118. The maximum atomic E-state index is 12.2. The Balaban J connectivity index is 1.82. The Kier molecular flexibility index (Phi) is 3.67. The zero-order valence-electron chi connectivity index (χ0n) is 11.5. The van der Waals surface area contributed by atoms with Crippen molar-refractivity contribution in [2.24, 2.45) is 0 Å². The normalized spacial score (nSPS) is 10.8. The van der Waals surface area contributed by atoms with Crippen LogP contribution < -0.4 is 5.32 Å². The number of alkyl halides is 1. The second-order valence-electron chi connectivity index (χ2n) is 4.94. The summed E-state index contributed by atoms with van der Waals surface area (Å²) in [6, 6.07) is 15.0. The van der Waals surface area contributed by atoms with E-state index in [0.717, 1.165) is 16.5 Å². The van der Waals surface area contributed by atoms with Crippen LogP contribution in [0.5, 0.6) is 0 Å². The smallest absolute Gasteiger partial charge is 0.291 e. The van der Waals surface area contributed by atoms with Crippen LogP contribution in [-0.4, -0.2) is 5.91 Å². The van der Waals surface area contributed by atoms with Gasteiger partial charge in [0.15, 0.2) is 5.76 Å². The average Bonchev–Trinajstić information content (AvgIpc) is 2.91. The van der Waals surface area contributed by atoms with Gasteiger partial charge in [-0.05, 0) is 42.8 Å². The van der Waals surface area contributed by atoms with Crippen LogP contribution in [0.2, 0.25) is 0 Å². The molecular formula is C17H14ClNO2. The summed E-state index contributed by atoms with van der Waals surface area (Å²) >= 11 is 5.74. The summed E-state index contributed by atoms with van der Waals surface area (Å²) in [5.41, 5.74) is 3.56. The van der Waals surface area contributed by atoms with E-state index < -0.39 is 0 Å². The number of halogens is 1. The number of benzene rings is 2. The van der Waals surface area contributed by atoms with Crippen molar-refractivity contribution in [1.82, 2.24) is 0 Å². The highest BCUT2D eigenvalue weighted by Crippen LogP contribution is 2.21. The molecule has 106 valence electrons. The van der Waals surface area contributed by atoms with E-state index in [-0.39, 0.29) is 5.91 Å². The number of fused-ring (bicyclic) bond motifs is 1. The van der Waals surface area contributed by atoms with E-state index in [2.05, 4.69) is 5.32 Å². The van der Waals surface area contributed by atoms with Crippen LogP contribution in [0.25, 0.3) is 11.0 Å². The largest absolute Gasteiger partial charge is 0.451 e. The van der Waals surface area contributed by atoms with Crippen LogP contribution >= 0.6 is 11.6 Å². The van der Waals surface area contributed by atoms with Gasteiger partial charge in [-0.25, -0.2) is 0 Å². The Morgan fingerprint density at radius 3 is 2.62 bits per heavy atom. The minimum absolute atomic E-state index is 0.262. The molecule has 2 aromatic carbocycles. The molecule has 3 nitrogen and oxygen atoms in total. The Morgan fingerprint density at radius 2 is 1.90 bits per heavy atom. The molecule has 0 saturated heterocycles. The minimum Gasteiger partial charge on any atom is -0.451 e. The second-order valence-corrected chi connectivity index (χ2v) is 5.20. The second kappa shape index (κ2) is 5.62. The number of carbonyl (C=O) groups is 1. The first-order valence-corrected chi connectivity index (χ1v) is 7.15. The summed E-state index contributed by atoms with van der Waals surface area (Å²) in [6.07, 6.45) is 0. The molecule has 3 rings (SSSR count). The van der Waals surface area contributed by atoms with Crippen LogP contribution in [0.15, 0.2) is 52.9 Å². The number of nitrogens with one attached hydrogen (secondary N) is 1. The number of anilines is 1. The van der Waals surface area contributed by atoms with Crippen molar-refractivity contribution >= 4 is 34.2 Å². The van der Waals surface area contributed by atoms with Gasteiger partial charge in [0.25, 0.3) is 5.91 Å². The number of rotatable bonds is 3. The quantitative estimate of drug-likeness (QED) is 0.710. The van der Waals surface area contributed by atoms with Crippen LogP contribution in [0.4, 0.5) is 5.69 Å². The van der Waals surface area contributed by atoms with Crippen molar-refractivity contribution in [3.05, 3.63) is 65.4 Å². The molecule has 4 heteroatoms. The predicted octanol–water partition coefficient (Wildman–Crippen LogP) is 4.73. The van der Waals surface area contributed by atoms with Gasteiger partial charge in [-0.3, -0.25) is 4.79 Å². The fourth-order valence-corrected chi connectivity index (χ4v) is 2.32. The van der Waals surface area contributed by atoms with Crippen LogP contribution in [0.1, 0.15) is 21.7 Å². The van der Waals surface area contributed by atoms with Gasteiger partial charge < -0.3 is 9.73 Å². The molecule has 0 aliphatic rings. The van der Waals surface area contributed by atoms with Gasteiger partial charge in [-0.15, -0.1) is 11.6 Å². The van der Waals surface area contributed by atoms with Crippen molar-refractivity contribution in [3.8, 4) is 0 Å². The van der Waals surface area contributed by atoms with E-state index >= 15 is 0 Å². The first kappa shape index (κ1) is 13.7. The van der Waals surface area contributed by atoms with Crippen molar-refractivity contribution < 1.29 is 9.21 Å². The average molecular weight is 300 g/mol. The monoisotopic (exact) mass is 299 g/mol. The van der Waals surface area contributed by atoms with E-state index in [1.54, 1.807) is 6.07 Å². The van der Waals surface area contributed by atoms with Gasteiger partial charge in [0, 0.05) is 17.0 Å². The summed E-state index contributed by atoms with van der Waals surface area (Å²) in [7, 11) is 0. The highest BCUT2D eigenvalue weighted by molar-refractivity contribution is 6.17. The highest BCUT2D eigenvalue weighted by atomic mass is 35.5. The maximum Gasteiger partial charge on any atom is 0.291 e. The summed E-state index contributed by atoms with van der Waals surface area (Å²) in [5, 5.41) is 3.74. The van der Waals surface area contributed by atoms with Crippen molar-refractivity contribution in [1.29, 1.82) is 0 Å². The Hall–Kier alpha value is -2.26. The fourth-order valence-electron chi connectivity index (χ4n) is 2.14. The third kappa shape index (κ3) is 2.93. The van der Waals surface area contributed by atoms with Gasteiger partial charge in [-0.2, -0.15) is 0 Å². The Morgan fingerprint density at radius 1 is 1.14 bits per heavy atom.